The Morgan fingerprint density at radius 2 is 1.18 bits per heavy atom. The topological polar surface area (TPSA) is 9.23 Å². The third-order valence-electron chi connectivity index (χ3n) is 2.41. The normalized spacial score (nSPS) is 13.8. The SMILES string of the molecule is CC(C)(CCl)CC=COC=CCC(C)(C)CCl. The van der Waals surface area contributed by atoms with Crippen molar-refractivity contribution in [2.45, 2.75) is 40.5 Å². The lowest BCUT2D eigenvalue weighted by molar-refractivity contribution is 0.375. The van der Waals surface area contributed by atoms with Crippen molar-refractivity contribution < 1.29 is 4.74 Å². The minimum atomic E-state index is 0.131. The van der Waals surface area contributed by atoms with E-state index in [2.05, 4.69) is 27.7 Å². The standard InChI is InChI=1S/C14H24Cl2O/c1-13(2,11-15)7-5-9-17-10-6-8-14(3,4)12-16/h5-6,9-10H,7-8,11-12H2,1-4H3. The molecule has 0 aromatic heterocycles. The highest BCUT2D eigenvalue weighted by molar-refractivity contribution is 6.18. The first-order valence-electron chi connectivity index (χ1n) is 5.90. The number of ether oxygens (including phenoxy) is 1. The third kappa shape index (κ3) is 9.55. The molecule has 0 rings (SSSR count). The monoisotopic (exact) mass is 278 g/mol. The predicted octanol–water partition coefficient (Wildman–Crippen LogP) is 5.34. The molecule has 3 heteroatoms. The third-order valence-corrected chi connectivity index (χ3v) is 3.86. The van der Waals surface area contributed by atoms with Crippen LogP contribution in [0.5, 0.6) is 0 Å². The van der Waals surface area contributed by atoms with Gasteiger partial charge >= 0.3 is 0 Å². The van der Waals surface area contributed by atoms with Crippen LogP contribution in [0, 0.1) is 10.8 Å². The first kappa shape index (κ1) is 16.9. The van der Waals surface area contributed by atoms with Crippen molar-refractivity contribution >= 4 is 23.2 Å². The van der Waals surface area contributed by atoms with Gasteiger partial charge < -0.3 is 4.74 Å². The van der Waals surface area contributed by atoms with E-state index < -0.39 is 0 Å². The molecule has 0 N–H and O–H groups in total. The summed E-state index contributed by atoms with van der Waals surface area (Å²) in [4.78, 5) is 0. The van der Waals surface area contributed by atoms with Crippen LogP contribution in [0.2, 0.25) is 0 Å². The zero-order valence-electron chi connectivity index (χ0n) is 11.3. The number of rotatable bonds is 8. The maximum Gasteiger partial charge on any atom is 0.0861 e. The lowest BCUT2D eigenvalue weighted by atomic mass is 9.92. The molecule has 0 radical (unpaired) electrons. The van der Waals surface area contributed by atoms with E-state index in [1.54, 1.807) is 12.5 Å². The quantitative estimate of drug-likeness (QED) is 0.430. The van der Waals surface area contributed by atoms with Gasteiger partial charge in [0.25, 0.3) is 0 Å². The lowest BCUT2D eigenvalue weighted by Crippen LogP contribution is -2.11. The molecule has 0 spiro atoms. The number of allylic oxidation sites excluding steroid dienone is 2. The molecule has 0 aliphatic rings. The summed E-state index contributed by atoms with van der Waals surface area (Å²) in [7, 11) is 0. The number of hydrogen-bond acceptors (Lipinski definition) is 1. The highest BCUT2D eigenvalue weighted by atomic mass is 35.5. The summed E-state index contributed by atoms with van der Waals surface area (Å²) >= 11 is 11.6. The van der Waals surface area contributed by atoms with Crippen LogP contribution in [-0.2, 0) is 4.74 Å². The molecule has 0 saturated carbocycles. The van der Waals surface area contributed by atoms with Gasteiger partial charge in [0, 0.05) is 11.8 Å². The highest BCUT2D eigenvalue weighted by Crippen LogP contribution is 2.23. The van der Waals surface area contributed by atoms with Gasteiger partial charge in [0.15, 0.2) is 0 Å². The Kier molecular flexibility index (Phi) is 7.98. The smallest absolute Gasteiger partial charge is 0.0861 e. The molecule has 0 aromatic carbocycles. The fourth-order valence-electron chi connectivity index (χ4n) is 1.000. The maximum atomic E-state index is 5.82. The fourth-order valence-corrected chi connectivity index (χ4v) is 1.22. The molecule has 0 unspecified atom stereocenters. The summed E-state index contributed by atoms with van der Waals surface area (Å²) in [5, 5.41) is 0. The average Bonchev–Trinajstić information content (AvgIpc) is 2.27. The average molecular weight is 279 g/mol. The van der Waals surface area contributed by atoms with E-state index in [0.717, 1.165) is 12.8 Å². The molecule has 0 fully saturated rings. The van der Waals surface area contributed by atoms with Crippen molar-refractivity contribution in [2.24, 2.45) is 10.8 Å². The Balaban J connectivity index is 3.77. The van der Waals surface area contributed by atoms with E-state index in [1.165, 1.54) is 0 Å². The summed E-state index contributed by atoms with van der Waals surface area (Å²) in [6.07, 6.45) is 9.24. The van der Waals surface area contributed by atoms with Crippen molar-refractivity contribution in [1.29, 1.82) is 0 Å². The molecule has 0 saturated heterocycles. The second kappa shape index (κ2) is 8.05. The molecule has 1 nitrogen and oxygen atoms in total. The Morgan fingerprint density at radius 3 is 1.47 bits per heavy atom. The highest BCUT2D eigenvalue weighted by Gasteiger charge is 2.14. The van der Waals surface area contributed by atoms with E-state index in [0.29, 0.717) is 11.8 Å². The van der Waals surface area contributed by atoms with Gasteiger partial charge in [-0.15, -0.1) is 23.2 Å². The van der Waals surface area contributed by atoms with Crippen molar-refractivity contribution in [1.82, 2.24) is 0 Å². The Hall–Kier alpha value is -0.140. The zero-order chi connectivity index (χ0) is 13.4. The molecule has 17 heavy (non-hydrogen) atoms. The predicted molar refractivity (Wildman–Crippen MR) is 77.6 cm³/mol. The van der Waals surface area contributed by atoms with Crippen LogP contribution in [0.25, 0.3) is 0 Å². The molecule has 0 heterocycles. The molecule has 0 bridgehead atoms. The summed E-state index contributed by atoms with van der Waals surface area (Å²) in [6.45, 7) is 8.51. The van der Waals surface area contributed by atoms with Crippen molar-refractivity contribution in [3.8, 4) is 0 Å². The minimum Gasteiger partial charge on any atom is -0.473 e. The van der Waals surface area contributed by atoms with Gasteiger partial charge in [0.1, 0.15) is 0 Å². The van der Waals surface area contributed by atoms with E-state index in [4.69, 9.17) is 27.9 Å². The van der Waals surface area contributed by atoms with E-state index in [-0.39, 0.29) is 10.8 Å². The van der Waals surface area contributed by atoms with Crippen LogP contribution < -0.4 is 0 Å². The van der Waals surface area contributed by atoms with Gasteiger partial charge in [-0.3, -0.25) is 0 Å². The second-order valence-electron chi connectivity index (χ2n) is 5.88. The largest absolute Gasteiger partial charge is 0.473 e. The van der Waals surface area contributed by atoms with Crippen LogP contribution in [0.4, 0.5) is 0 Å². The minimum absolute atomic E-state index is 0.131. The number of hydrogen-bond donors (Lipinski definition) is 0. The van der Waals surface area contributed by atoms with Crippen LogP contribution in [-0.4, -0.2) is 11.8 Å². The number of halogens is 2. The molecule has 0 aliphatic heterocycles. The van der Waals surface area contributed by atoms with Crippen LogP contribution >= 0.6 is 23.2 Å². The molecule has 0 atom stereocenters. The molecule has 0 aromatic rings. The molecule has 100 valence electrons. The summed E-state index contributed by atoms with van der Waals surface area (Å²) < 4.78 is 5.27. The maximum absolute atomic E-state index is 5.82. The first-order valence-corrected chi connectivity index (χ1v) is 6.97. The van der Waals surface area contributed by atoms with Crippen LogP contribution in [0.15, 0.2) is 24.7 Å². The Labute approximate surface area is 116 Å². The van der Waals surface area contributed by atoms with Gasteiger partial charge in [-0.2, -0.15) is 0 Å². The van der Waals surface area contributed by atoms with Gasteiger partial charge in [0.2, 0.25) is 0 Å². The summed E-state index contributed by atoms with van der Waals surface area (Å²) in [5.74, 6) is 1.30. The second-order valence-corrected chi connectivity index (χ2v) is 6.42. The zero-order valence-corrected chi connectivity index (χ0v) is 12.8. The molecular formula is C14H24Cl2O. The van der Waals surface area contributed by atoms with Gasteiger partial charge in [-0.05, 0) is 35.8 Å². The first-order chi connectivity index (χ1) is 7.83. The van der Waals surface area contributed by atoms with Crippen molar-refractivity contribution in [3.05, 3.63) is 24.7 Å². The fraction of sp³-hybridized carbons (Fsp3) is 0.714. The van der Waals surface area contributed by atoms with E-state index in [1.807, 2.05) is 12.2 Å². The molecular weight excluding hydrogens is 255 g/mol. The number of alkyl halides is 2. The van der Waals surface area contributed by atoms with Crippen LogP contribution in [0.1, 0.15) is 40.5 Å². The van der Waals surface area contributed by atoms with Crippen molar-refractivity contribution in [2.75, 3.05) is 11.8 Å². The Morgan fingerprint density at radius 1 is 0.824 bits per heavy atom. The summed E-state index contributed by atoms with van der Waals surface area (Å²) in [5.41, 5.74) is 0.261. The van der Waals surface area contributed by atoms with Gasteiger partial charge in [0.05, 0.1) is 12.5 Å². The van der Waals surface area contributed by atoms with Crippen molar-refractivity contribution in [3.63, 3.8) is 0 Å². The van der Waals surface area contributed by atoms with Gasteiger partial charge in [-0.25, -0.2) is 0 Å². The molecule has 0 aliphatic carbocycles. The van der Waals surface area contributed by atoms with E-state index in [9.17, 15) is 0 Å². The Bertz CT molecular complexity index is 229. The van der Waals surface area contributed by atoms with E-state index >= 15 is 0 Å². The van der Waals surface area contributed by atoms with Crippen LogP contribution in [0.3, 0.4) is 0 Å². The lowest BCUT2D eigenvalue weighted by Gasteiger charge is -2.18. The molecule has 0 amide bonds. The summed E-state index contributed by atoms with van der Waals surface area (Å²) in [6, 6.07) is 0. The van der Waals surface area contributed by atoms with Gasteiger partial charge in [-0.1, -0.05) is 27.7 Å².